The minimum Gasteiger partial charge on any atom is -0.504 e. The maximum absolute atomic E-state index is 13.9. The van der Waals surface area contributed by atoms with Gasteiger partial charge in [-0.05, 0) is 60.7 Å². The molecular weight excluding hydrogens is 908 g/mol. The van der Waals surface area contributed by atoms with Crippen LogP contribution in [0.5, 0.6) is 86.2 Å². The molecule has 0 aromatic heterocycles. The zero-order valence-corrected chi connectivity index (χ0v) is 33.1. The summed E-state index contributed by atoms with van der Waals surface area (Å²) in [5.41, 5.74) is -3.88. The van der Waals surface area contributed by atoms with Crippen LogP contribution < -0.4 is 0 Å². The van der Waals surface area contributed by atoms with E-state index in [1.165, 1.54) is 0 Å². The second-order valence-corrected chi connectivity index (χ2v) is 14.0. The van der Waals surface area contributed by atoms with Crippen LogP contribution in [0.3, 0.4) is 0 Å². The SMILES string of the molecule is O=C(OC[C@H]1O[C@@H](OC(=O)c2cc(O)c(O)c(O)c2)[C@@H](OC(=O)c2cc(O)c(O)c(O)c2)[C@@H](OC(=O)c2cc(O)c(O)c(O)c2)[C@@H]1OC(=O)c1cc(O)c(O)c(O)c1)c1cc(O)c(O)c(O)c1. The van der Waals surface area contributed by atoms with Crippen LogP contribution >= 0.6 is 0 Å². The summed E-state index contributed by atoms with van der Waals surface area (Å²) in [6.07, 6.45) is -12.2. The first-order valence-corrected chi connectivity index (χ1v) is 18.4. The van der Waals surface area contributed by atoms with Crippen molar-refractivity contribution in [1.82, 2.24) is 0 Å². The average molecular weight is 941 g/mol. The van der Waals surface area contributed by atoms with E-state index in [1.54, 1.807) is 0 Å². The maximum atomic E-state index is 13.9. The highest BCUT2D eigenvalue weighted by molar-refractivity contribution is 5.94. The Hall–Kier alpha value is -9.59. The molecule has 0 saturated carbocycles. The lowest BCUT2D eigenvalue weighted by atomic mass is 9.97. The van der Waals surface area contributed by atoms with E-state index in [9.17, 15) is 101 Å². The molecule has 1 saturated heterocycles. The van der Waals surface area contributed by atoms with Crippen LogP contribution in [0, 0.1) is 0 Å². The summed E-state index contributed by atoms with van der Waals surface area (Å²) in [5, 5.41) is 150. The van der Waals surface area contributed by atoms with Gasteiger partial charge >= 0.3 is 29.8 Å². The van der Waals surface area contributed by atoms with E-state index < -0.39 is 181 Å². The molecule has 0 spiro atoms. The van der Waals surface area contributed by atoms with Gasteiger partial charge in [0, 0.05) is 0 Å². The molecule has 0 bridgehead atoms. The van der Waals surface area contributed by atoms with Crippen molar-refractivity contribution in [2.24, 2.45) is 0 Å². The van der Waals surface area contributed by atoms with E-state index in [4.69, 9.17) is 28.4 Å². The number of phenols is 15. The third-order valence-electron chi connectivity index (χ3n) is 9.45. The molecular formula is C41H32O26. The van der Waals surface area contributed by atoms with Crippen LogP contribution in [0.25, 0.3) is 0 Å². The molecule has 1 heterocycles. The average Bonchev–Trinajstić information content (AvgIpc) is 3.27. The Kier molecular flexibility index (Phi) is 12.8. The maximum Gasteiger partial charge on any atom is 0.340 e. The van der Waals surface area contributed by atoms with E-state index in [2.05, 4.69) is 0 Å². The molecule has 1 fully saturated rings. The van der Waals surface area contributed by atoms with E-state index in [-0.39, 0.29) is 0 Å². The Labute approximate surface area is 370 Å². The normalized spacial score (nSPS) is 17.7. The highest BCUT2D eigenvalue weighted by Gasteiger charge is 2.55. The van der Waals surface area contributed by atoms with Gasteiger partial charge in [-0.2, -0.15) is 0 Å². The van der Waals surface area contributed by atoms with Gasteiger partial charge in [0.05, 0.1) is 27.8 Å². The fourth-order valence-corrected chi connectivity index (χ4v) is 6.11. The van der Waals surface area contributed by atoms with E-state index in [0.717, 1.165) is 0 Å². The van der Waals surface area contributed by atoms with Gasteiger partial charge in [-0.25, -0.2) is 24.0 Å². The van der Waals surface area contributed by atoms with Crippen LogP contribution in [-0.2, 0) is 28.4 Å². The summed E-state index contributed by atoms with van der Waals surface area (Å²) in [6, 6.07) is 5.60. The topological polar surface area (TPSA) is 444 Å². The summed E-state index contributed by atoms with van der Waals surface area (Å²) < 4.78 is 33.2. The largest absolute Gasteiger partial charge is 0.504 e. The number of carbonyl (C=O) groups excluding carboxylic acids is 5. The molecule has 0 unspecified atom stereocenters. The van der Waals surface area contributed by atoms with Gasteiger partial charge in [-0.3, -0.25) is 0 Å². The van der Waals surface area contributed by atoms with Crippen molar-refractivity contribution in [3.05, 3.63) is 88.5 Å². The quantitative estimate of drug-likeness (QED) is 0.0509. The van der Waals surface area contributed by atoms with Gasteiger partial charge in [-0.1, -0.05) is 0 Å². The highest BCUT2D eigenvalue weighted by Crippen LogP contribution is 2.41. The Balaban J connectivity index is 1.52. The monoisotopic (exact) mass is 940 g/mol. The molecule has 5 atom stereocenters. The second-order valence-electron chi connectivity index (χ2n) is 14.0. The predicted octanol–water partition coefficient (Wildman–Crippen LogP) is 1.69. The number of phenolic OH excluding ortho intramolecular Hbond substituents is 15. The standard InChI is InChI=1S/C41H32O26/c42-17-1-12(2-18(43)28(17)52)36(57)62-11-27-33(64-37(58)13-3-19(44)29(53)20(45)4-13)34(65-38(59)14-5-21(46)30(54)22(47)6-14)35(66-39(60)15-7-23(48)31(55)24(49)8-15)41(63-27)67-40(61)16-9-25(50)32(56)26(51)10-16/h1-10,27,33-35,41-56H,11H2/t27-,33-,34+,35+,41+/m1/s1. The Bertz CT molecular complexity index is 2720. The van der Waals surface area contributed by atoms with Crippen molar-refractivity contribution in [2.45, 2.75) is 30.7 Å². The first-order valence-electron chi connectivity index (χ1n) is 18.4. The van der Waals surface area contributed by atoms with Crippen LogP contribution in [0.2, 0.25) is 0 Å². The third kappa shape index (κ3) is 9.67. The summed E-state index contributed by atoms with van der Waals surface area (Å²) in [7, 11) is 0. The van der Waals surface area contributed by atoms with Crippen molar-refractivity contribution in [3.63, 3.8) is 0 Å². The van der Waals surface area contributed by atoms with E-state index in [0.29, 0.717) is 60.7 Å². The number of hydrogen-bond acceptors (Lipinski definition) is 26. The number of esters is 5. The molecule has 0 radical (unpaired) electrons. The van der Waals surface area contributed by atoms with E-state index in [1.807, 2.05) is 0 Å². The predicted molar refractivity (Wildman–Crippen MR) is 209 cm³/mol. The fraction of sp³-hybridized carbons (Fsp3) is 0.146. The van der Waals surface area contributed by atoms with Crippen LogP contribution in [0.1, 0.15) is 51.8 Å². The van der Waals surface area contributed by atoms with Crippen LogP contribution in [-0.4, -0.2) is 144 Å². The first kappa shape index (κ1) is 46.9. The number of benzene rings is 5. The van der Waals surface area contributed by atoms with Gasteiger partial charge in [0.1, 0.15) is 12.7 Å². The third-order valence-corrected chi connectivity index (χ3v) is 9.45. The molecule has 6 rings (SSSR count). The Morgan fingerprint density at radius 3 is 0.881 bits per heavy atom. The lowest BCUT2D eigenvalue weighted by Crippen LogP contribution is -2.63. The molecule has 0 aliphatic carbocycles. The van der Waals surface area contributed by atoms with Crippen LogP contribution in [0.4, 0.5) is 0 Å². The molecule has 26 nitrogen and oxygen atoms in total. The molecule has 1 aliphatic rings. The number of carbonyl (C=O) groups is 5. The Morgan fingerprint density at radius 1 is 0.343 bits per heavy atom. The molecule has 5 aromatic carbocycles. The minimum atomic E-state index is -2.56. The fourth-order valence-electron chi connectivity index (χ4n) is 6.11. The number of aromatic hydroxyl groups is 15. The molecule has 15 N–H and O–H groups in total. The van der Waals surface area contributed by atoms with Gasteiger partial charge in [0.2, 0.25) is 12.4 Å². The highest BCUT2D eigenvalue weighted by atomic mass is 16.7. The first-order chi connectivity index (χ1) is 31.4. The zero-order valence-electron chi connectivity index (χ0n) is 33.1. The van der Waals surface area contributed by atoms with Gasteiger partial charge in [0.25, 0.3) is 0 Å². The number of rotatable bonds is 11. The number of ether oxygens (including phenoxy) is 6. The summed E-state index contributed by atoms with van der Waals surface area (Å²) >= 11 is 0. The van der Waals surface area contributed by atoms with Crippen molar-refractivity contribution in [2.75, 3.05) is 6.61 Å². The number of hydrogen-bond donors (Lipinski definition) is 15. The summed E-state index contributed by atoms with van der Waals surface area (Å²) in [6.45, 7) is -1.25. The van der Waals surface area contributed by atoms with Gasteiger partial charge in [-0.15, -0.1) is 0 Å². The van der Waals surface area contributed by atoms with Gasteiger partial charge in [0.15, 0.2) is 98.5 Å². The molecule has 1 aliphatic heterocycles. The van der Waals surface area contributed by atoms with Crippen LogP contribution in [0.15, 0.2) is 60.7 Å². The van der Waals surface area contributed by atoms with Crippen molar-refractivity contribution < 1.29 is 129 Å². The molecule has 5 aromatic rings. The van der Waals surface area contributed by atoms with Crippen molar-refractivity contribution in [3.8, 4) is 86.2 Å². The van der Waals surface area contributed by atoms with Crippen molar-refractivity contribution >= 4 is 29.8 Å². The lowest BCUT2D eigenvalue weighted by molar-refractivity contribution is -0.282. The lowest BCUT2D eigenvalue weighted by Gasteiger charge is -2.43. The smallest absolute Gasteiger partial charge is 0.340 e. The molecule has 67 heavy (non-hydrogen) atoms. The van der Waals surface area contributed by atoms with E-state index >= 15 is 0 Å². The molecule has 0 amide bonds. The van der Waals surface area contributed by atoms with Crippen molar-refractivity contribution in [1.29, 1.82) is 0 Å². The zero-order chi connectivity index (χ0) is 49.3. The summed E-state index contributed by atoms with van der Waals surface area (Å²) in [4.78, 5) is 68.5. The minimum absolute atomic E-state index is 0.534. The summed E-state index contributed by atoms with van der Waals surface area (Å²) in [5.74, 6) is -24.5. The molecule has 26 heteroatoms. The van der Waals surface area contributed by atoms with Gasteiger partial charge < -0.3 is 105 Å². The molecule has 352 valence electrons. The Morgan fingerprint density at radius 2 is 0.582 bits per heavy atom. The second kappa shape index (κ2) is 18.3.